The number of imide groups is 1. The minimum absolute atomic E-state index is 0.0428. The SMILES string of the molecule is CC1=C(C)C2C(C)C1C1C(=O)N(C)C(=O)C21.COC.c1ccc(NCOc2ccccc2)cc1.c1ccccc1. The normalized spacial score (nSPS) is 23.6. The van der Waals surface area contributed by atoms with Crippen LogP contribution in [-0.2, 0) is 14.3 Å². The molecule has 0 aromatic heterocycles. The van der Waals surface area contributed by atoms with Gasteiger partial charge in [0.1, 0.15) is 5.75 Å². The number of para-hydroxylation sites is 2. The highest BCUT2D eigenvalue weighted by Crippen LogP contribution is 2.61. The number of hydrogen-bond acceptors (Lipinski definition) is 5. The molecule has 6 rings (SSSR count). The Morgan fingerprint density at radius 3 is 1.48 bits per heavy atom. The molecule has 40 heavy (non-hydrogen) atoms. The second-order valence-corrected chi connectivity index (χ2v) is 10.3. The zero-order chi connectivity index (χ0) is 29.1. The molecular formula is C34H42N2O4. The maximum absolute atomic E-state index is 12.1. The number of nitrogens with zero attached hydrogens (tertiary/aromatic N) is 1. The Hall–Kier alpha value is -3.90. The number of anilines is 1. The van der Waals surface area contributed by atoms with Gasteiger partial charge in [0.2, 0.25) is 11.8 Å². The van der Waals surface area contributed by atoms with E-state index >= 15 is 0 Å². The van der Waals surface area contributed by atoms with E-state index < -0.39 is 0 Å². The van der Waals surface area contributed by atoms with Gasteiger partial charge >= 0.3 is 0 Å². The van der Waals surface area contributed by atoms with Crippen molar-refractivity contribution in [3.05, 3.63) is 108 Å². The quantitative estimate of drug-likeness (QED) is 0.231. The summed E-state index contributed by atoms with van der Waals surface area (Å²) >= 11 is 0. The first-order valence-corrected chi connectivity index (χ1v) is 13.7. The van der Waals surface area contributed by atoms with E-state index in [1.54, 1.807) is 21.3 Å². The summed E-state index contributed by atoms with van der Waals surface area (Å²) in [4.78, 5) is 25.5. The number of hydrogen-bond donors (Lipinski definition) is 1. The van der Waals surface area contributed by atoms with Crippen molar-refractivity contribution in [3.8, 4) is 5.75 Å². The highest BCUT2D eigenvalue weighted by Gasteiger charge is 2.64. The Bertz CT molecular complexity index is 1130. The van der Waals surface area contributed by atoms with Crippen LogP contribution in [0.4, 0.5) is 5.69 Å². The summed E-state index contributed by atoms with van der Waals surface area (Å²) in [5, 5.41) is 3.17. The van der Waals surface area contributed by atoms with Crippen molar-refractivity contribution in [2.24, 2.45) is 29.6 Å². The standard InChI is InChI=1S/C13H17NO2.C13H13NO.C6H6.C2H6O/c1-5-6(2)9-7(3)8(5)10-11(9)13(16)14(4)12(10)15;1-3-7-12(8-4-1)14-11-15-13-9-5-2-6-10-13;1-2-4-6-5-3-1;1-3-2/h7-11H,1-4H3;1-10,14H,11H2;1-6H;1-2H3. The third-order valence-corrected chi connectivity index (χ3v) is 7.85. The van der Waals surface area contributed by atoms with Crippen LogP contribution in [0.5, 0.6) is 5.75 Å². The molecule has 212 valence electrons. The van der Waals surface area contributed by atoms with E-state index in [1.165, 1.54) is 16.0 Å². The van der Waals surface area contributed by atoms with Gasteiger partial charge in [-0.2, -0.15) is 0 Å². The molecule has 1 N–H and O–H groups in total. The fourth-order valence-electron chi connectivity index (χ4n) is 6.01. The molecule has 6 heteroatoms. The van der Waals surface area contributed by atoms with Gasteiger partial charge in [-0.25, -0.2) is 0 Å². The number of fused-ring (bicyclic) bond motifs is 5. The lowest BCUT2D eigenvalue weighted by molar-refractivity contribution is -0.139. The van der Waals surface area contributed by atoms with Crippen molar-refractivity contribution in [3.63, 3.8) is 0 Å². The average Bonchev–Trinajstić information content (AvgIpc) is 3.49. The third kappa shape index (κ3) is 7.19. The van der Waals surface area contributed by atoms with E-state index in [9.17, 15) is 9.59 Å². The molecule has 3 aromatic rings. The number of carbonyl (C=O) groups excluding carboxylic acids is 2. The Kier molecular flexibility index (Phi) is 11.5. The Morgan fingerprint density at radius 1 is 0.675 bits per heavy atom. The van der Waals surface area contributed by atoms with Gasteiger partial charge in [0.25, 0.3) is 0 Å². The van der Waals surface area contributed by atoms with Crippen LogP contribution in [0.1, 0.15) is 20.8 Å². The summed E-state index contributed by atoms with van der Waals surface area (Å²) in [5.74, 6) is 1.95. The van der Waals surface area contributed by atoms with Crippen molar-refractivity contribution >= 4 is 17.5 Å². The molecule has 1 aliphatic heterocycles. The van der Waals surface area contributed by atoms with Crippen LogP contribution in [-0.4, -0.2) is 44.7 Å². The highest BCUT2D eigenvalue weighted by molar-refractivity contribution is 6.06. The number of rotatable bonds is 4. The molecule has 2 fully saturated rings. The molecule has 2 bridgehead atoms. The van der Waals surface area contributed by atoms with Crippen molar-refractivity contribution in [2.45, 2.75) is 20.8 Å². The maximum atomic E-state index is 12.1. The molecule has 4 atom stereocenters. The average molecular weight is 543 g/mol. The second-order valence-electron chi connectivity index (χ2n) is 10.3. The number of ether oxygens (including phenoxy) is 2. The predicted octanol–water partition coefficient (Wildman–Crippen LogP) is 6.53. The molecule has 1 saturated heterocycles. The topological polar surface area (TPSA) is 67.9 Å². The largest absolute Gasteiger partial charge is 0.473 e. The van der Waals surface area contributed by atoms with Crippen molar-refractivity contribution in [2.75, 3.05) is 33.3 Å². The van der Waals surface area contributed by atoms with Gasteiger partial charge in [-0.15, -0.1) is 0 Å². The summed E-state index contributed by atoms with van der Waals surface area (Å²) in [6.07, 6.45) is 0. The number of amides is 2. The molecule has 4 unspecified atom stereocenters. The predicted molar refractivity (Wildman–Crippen MR) is 161 cm³/mol. The van der Waals surface area contributed by atoms with Crippen LogP contribution in [0, 0.1) is 29.6 Å². The molecule has 0 radical (unpaired) electrons. The molecule has 2 amide bonds. The first-order valence-electron chi connectivity index (χ1n) is 13.7. The smallest absolute Gasteiger partial charge is 0.233 e. The van der Waals surface area contributed by atoms with Crippen LogP contribution < -0.4 is 10.1 Å². The van der Waals surface area contributed by atoms with Crippen LogP contribution in [0.3, 0.4) is 0 Å². The van der Waals surface area contributed by atoms with Gasteiger partial charge < -0.3 is 14.8 Å². The zero-order valence-electron chi connectivity index (χ0n) is 24.4. The number of benzene rings is 3. The van der Waals surface area contributed by atoms with Crippen molar-refractivity contribution < 1.29 is 19.1 Å². The third-order valence-electron chi connectivity index (χ3n) is 7.85. The summed E-state index contributed by atoms with van der Waals surface area (Å²) in [5.41, 5.74) is 3.78. The van der Waals surface area contributed by atoms with E-state index in [0.717, 1.165) is 11.4 Å². The fraction of sp³-hybridized carbons (Fsp3) is 0.353. The number of carbonyl (C=O) groups is 2. The van der Waals surface area contributed by atoms with Gasteiger partial charge in [0.05, 0.1) is 11.8 Å². The Balaban J connectivity index is 0.000000170. The Morgan fingerprint density at radius 2 is 1.05 bits per heavy atom. The summed E-state index contributed by atoms with van der Waals surface area (Å²) < 4.78 is 9.75. The van der Waals surface area contributed by atoms with Gasteiger partial charge in [-0.05, 0) is 55.9 Å². The molecular weight excluding hydrogens is 500 g/mol. The van der Waals surface area contributed by atoms with Crippen LogP contribution >= 0.6 is 0 Å². The monoisotopic (exact) mass is 542 g/mol. The molecule has 6 nitrogen and oxygen atoms in total. The molecule has 0 spiro atoms. The van der Waals surface area contributed by atoms with Crippen molar-refractivity contribution in [1.82, 2.24) is 4.90 Å². The second kappa shape index (κ2) is 15.0. The minimum atomic E-state index is -0.0544. The van der Waals surface area contributed by atoms with Crippen LogP contribution in [0.15, 0.2) is 108 Å². The van der Waals surface area contributed by atoms with Crippen LogP contribution in [0.25, 0.3) is 0 Å². The number of likely N-dealkylation sites (tertiary alicyclic amines) is 1. The summed E-state index contributed by atoms with van der Waals surface area (Å²) in [7, 11) is 4.87. The van der Waals surface area contributed by atoms with E-state index in [4.69, 9.17) is 4.74 Å². The molecule has 1 saturated carbocycles. The van der Waals surface area contributed by atoms with E-state index in [-0.39, 0.29) is 23.7 Å². The molecule has 3 aromatic carbocycles. The van der Waals surface area contributed by atoms with E-state index in [1.807, 2.05) is 97.1 Å². The number of nitrogens with one attached hydrogen (secondary N) is 1. The lowest BCUT2D eigenvalue weighted by atomic mass is 9.78. The number of methoxy groups -OCH3 is 1. The highest BCUT2D eigenvalue weighted by atomic mass is 16.5. The van der Waals surface area contributed by atoms with Crippen LogP contribution in [0.2, 0.25) is 0 Å². The lowest BCUT2D eigenvalue weighted by Crippen LogP contribution is -2.30. The Labute approximate surface area is 239 Å². The molecule has 2 aliphatic carbocycles. The van der Waals surface area contributed by atoms with Gasteiger partial charge in [-0.3, -0.25) is 14.5 Å². The molecule has 3 aliphatic rings. The summed E-state index contributed by atoms with van der Waals surface area (Å²) in [6, 6.07) is 31.7. The maximum Gasteiger partial charge on any atom is 0.233 e. The summed E-state index contributed by atoms with van der Waals surface area (Å²) in [6.45, 7) is 6.92. The lowest BCUT2D eigenvalue weighted by Gasteiger charge is -2.22. The first-order chi connectivity index (χ1) is 19.3. The first kappa shape index (κ1) is 30.6. The zero-order valence-corrected chi connectivity index (χ0v) is 24.4. The fourth-order valence-corrected chi connectivity index (χ4v) is 6.01. The minimum Gasteiger partial charge on any atom is -0.473 e. The van der Waals surface area contributed by atoms with Gasteiger partial charge in [0, 0.05) is 27.0 Å². The van der Waals surface area contributed by atoms with Crippen molar-refractivity contribution in [1.29, 1.82) is 0 Å². The van der Waals surface area contributed by atoms with Gasteiger partial charge in [0.15, 0.2) is 6.73 Å². The van der Waals surface area contributed by atoms with E-state index in [0.29, 0.717) is 24.5 Å². The van der Waals surface area contributed by atoms with E-state index in [2.05, 4.69) is 30.8 Å². The molecule has 1 heterocycles. The number of allylic oxidation sites excluding steroid dienone is 2. The van der Waals surface area contributed by atoms with Gasteiger partial charge in [-0.1, -0.05) is 90.9 Å².